The smallest absolute Gasteiger partial charge is 0.327 e. The van der Waals surface area contributed by atoms with Gasteiger partial charge in [-0.05, 0) is 50.2 Å². The first-order valence-corrected chi connectivity index (χ1v) is 13.4. The lowest BCUT2D eigenvalue weighted by atomic mass is 10.2. The first-order valence-electron chi connectivity index (χ1n) is 10.5. The Bertz CT molecular complexity index is 1320. The van der Waals surface area contributed by atoms with Crippen molar-refractivity contribution >= 4 is 60.1 Å². The molecule has 1 aliphatic rings. The zero-order valence-electron chi connectivity index (χ0n) is 18.3. The van der Waals surface area contributed by atoms with Crippen molar-refractivity contribution in [1.82, 2.24) is 15.2 Å². The summed E-state index contributed by atoms with van der Waals surface area (Å²) in [4.78, 5) is 30.9. The van der Waals surface area contributed by atoms with E-state index in [1.807, 2.05) is 11.9 Å². The fourth-order valence-corrected chi connectivity index (χ4v) is 6.06. The van der Waals surface area contributed by atoms with Gasteiger partial charge in [-0.15, -0.1) is 0 Å². The van der Waals surface area contributed by atoms with E-state index in [-0.39, 0.29) is 32.6 Å². The number of sulfone groups is 1. The number of anilines is 1. The van der Waals surface area contributed by atoms with Crippen molar-refractivity contribution in [3.8, 4) is 0 Å². The summed E-state index contributed by atoms with van der Waals surface area (Å²) in [7, 11) is -1.66. The highest BCUT2D eigenvalue weighted by Gasteiger charge is 2.23. The van der Waals surface area contributed by atoms with Crippen molar-refractivity contribution in [1.29, 1.82) is 0 Å². The molecule has 1 aromatic heterocycles. The first kappa shape index (κ1) is 24.6. The van der Waals surface area contributed by atoms with Crippen molar-refractivity contribution in [2.75, 3.05) is 31.3 Å². The highest BCUT2D eigenvalue weighted by atomic mass is 35.5. The van der Waals surface area contributed by atoms with E-state index in [2.05, 4.69) is 15.6 Å². The molecule has 3 aromatic rings. The fraction of sp³-hybridized carbons (Fsp3) is 0.318. The minimum atomic E-state index is -3.52. The Labute approximate surface area is 206 Å². The summed E-state index contributed by atoms with van der Waals surface area (Å²) in [6.45, 7) is 1.06. The van der Waals surface area contributed by atoms with Crippen LogP contribution < -0.4 is 10.6 Å². The van der Waals surface area contributed by atoms with Gasteiger partial charge in [0.15, 0.2) is 15.0 Å². The number of fused-ring (bicyclic) bond motifs is 1. The van der Waals surface area contributed by atoms with E-state index in [0.717, 1.165) is 24.2 Å². The number of carbonyl (C=O) groups is 2. The maximum atomic E-state index is 12.9. The number of rotatable bonds is 7. The number of benzene rings is 2. The lowest BCUT2D eigenvalue weighted by Gasteiger charge is -2.23. The average Bonchev–Trinajstić information content (AvgIpc) is 3.47. The largest absolute Gasteiger partial charge is 0.363 e. The number of aromatic nitrogens is 1. The second-order valence-electron chi connectivity index (χ2n) is 7.80. The molecule has 0 aliphatic carbocycles. The molecule has 2 heterocycles. The van der Waals surface area contributed by atoms with Gasteiger partial charge in [-0.1, -0.05) is 35.1 Å². The van der Waals surface area contributed by atoms with Crippen LogP contribution >= 0.6 is 22.9 Å². The normalized spacial score (nSPS) is 16.1. The summed E-state index contributed by atoms with van der Waals surface area (Å²) in [6, 6.07) is 10.3. The number of imide groups is 1. The van der Waals surface area contributed by atoms with Crippen LogP contribution in [0.5, 0.6) is 0 Å². The van der Waals surface area contributed by atoms with Crippen molar-refractivity contribution in [3.63, 3.8) is 0 Å². The quantitative estimate of drug-likeness (QED) is 0.485. The monoisotopic (exact) mass is 522 g/mol. The molecule has 1 saturated heterocycles. The summed E-state index contributed by atoms with van der Waals surface area (Å²) >= 11 is 7.09. The fourth-order valence-electron chi connectivity index (χ4n) is 3.53. The minimum Gasteiger partial charge on any atom is -0.363 e. The third-order valence-corrected chi connectivity index (χ3v) is 8.35. The number of urea groups is 1. The summed E-state index contributed by atoms with van der Waals surface area (Å²) in [6.07, 6.45) is 1.84. The van der Waals surface area contributed by atoms with Gasteiger partial charge < -0.3 is 4.74 Å². The van der Waals surface area contributed by atoms with Gasteiger partial charge in [0, 0.05) is 13.2 Å². The van der Waals surface area contributed by atoms with E-state index in [1.165, 1.54) is 12.1 Å². The van der Waals surface area contributed by atoms with Gasteiger partial charge in [-0.3, -0.25) is 20.3 Å². The van der Waals surface area contributed by atoms with E-state index < -0.39 is 21.8 Å². The van der Waals surface area contributed by atoms with E-state index in [1.54, 1.807) is 30.3 Å². The molecular weight excluding hydrogens is 500 g/mol. The van der Waals surface area contributed by atoms with Gasteiger partial charge in [0.2, 0.25) is 0 Å². The number of thiazole rings is 1. The van der Waals surface area contributed by atoms with Gasteiger partial charge in [0.1, 0.15) is 6.23 Å². The molecule has 2 N–H and O–H groups in total. The Balaban J connectivity index is 1.40. The zero-order valence-corrected chi connectivity index (χ0v) is 20.7. The van der Waals surface area contributed by atoms with Crippen LogP contribution in [0.1, 0.15) is 23.2 Å². The number of ether oxygens (including phenoxy) is 1. The van der Waals surface area contributed by atoms with Gasteiger partial charge >= 0.3 is 6.03 Å². The van der Waals surface area contributed by atoms with Crippen LogP contribution in [0.4, 0.5) is 9.93 Å². The molecule has 1 aliphatic heterocycles. The highest BCUT2D eigenvalue weighted by molar-refractivity contribution is 7.91. The molecular formula is C22H23ClN4O5S2. The number of nitrogens with zero attached hydrogens (tertiary/aromatic N) is 2. The molecule has 0 bridgehead atoms. The van der Waals surface area contributed by atoms with Crippen LogP contribution in [0, 0.1) is 0 Å². The van der Waals surface area contributed by atoms with Crippen LogP contribution in [0.3, 0.4) is 0 Å². The lowest BCUT2D eigenvalue weighted by molar-refractivity contribution is -0.00136. The third-order valence-electron chi connectivity index (χ3n) is 5.40. The Hall–Kier alpha value is -2.57. The molecule has 3 amide bonds. The molecule has 34 heavy (non-hydrogen) atoms. The standard InChI is InChI=1S/C22H23ClN4O5S2/c1-27(19-7-4-11-32-19)10-12-34(30,31)14-8-9-17-18(13-14)33-22(24-17)26-21(29)25-20(28)15-5-2-3-6-16(15)23/h2-3,5-6,8-9,13,19H,4,7,10-12H2,1H3,(H2,24,25,26,28,29). The topological polar surface area (TPSA) is 118 Å². The second kappa shape index (κ2) is 10.4. The molecule has 1 fully saturated rings. The number of amides is 3. The summed E-state index contributed by atoms with van der Waals surface area (Å²) in [5.74, 6) is -0.684. The first-order chi connectivity index (χ1) is 16.2. The maximum absolute atomic E-state index is 12.9. The molecule has 180 valence electrons. The van der Waals surface area contributed by atoms with Crippen LogP contribution in [-0.2, 0) is 14.6 Å². The van der Waals surface area contributed by atoms with E-state index >= 15 is 0 Å². The number of halogens is 1. The van der Waals surface area contributed by atoms with E-state index in [9.17, 15) is 18.0 Å². The molecule has 12 heteroatoms. The van der Waals surface area contributed by atoms with Crippen molar-refractivity contribution in [2.24, 2.45) is 0 Å². The Morgan fingerprint density at radius 2 is 2.06 bits per heavy atom. The van der Waals surface area contributed by atoms with Crippen molar-refractivity contribution in [3.05, 3.63) is 53.1 Å². The van der Waals surface area contributed by atoms with Crippen LogP contribution in [-0.4, -0.2) is 62.4 Å². The van der Waals surface area contributed by atoms with Crippen molar-refractivity contribution in [2.45, 2.75) is 24.0 Å². The van der Waals surface area contributed by atoms with Crippen molar-refractivity contribution < 1.29 is 22.7 Å². The van der Waals surface area contributed by atoms with Gasteiger partial charge in [-0.2, -0.15) is 0 Å². The molecule has 0 spiro atoms. The predicted octanol–water partition coefficient (Wildman–Crippen LogP) is 3.75. The van der Waals surface area contributed by atoms with Crippen LogP contribution in [0.2, 0.25) is 5.02 Å². The number of hydrogen-bond acceptors (Lipinski definition) is 8. The second-order valence-corrected chi connectivity index (χ2v) is 11.4. The van der Waals surface area contributed by atoms with E-state index in [0.29, 0.717) is 23.4 Å². The molecule has 9 nitrogen and oxygen atoms in total. The summed E-state index contributed by atoms with van der Waals surface area (Å²) in [5, 5.41) is 5.16. The third kappa shape index (κ3) is 5.73. The molecule has 1 atom stereocenters. The Morgan fingerprint density at radius 3 is 2.79 bits per heavy atom. The Morgan fingerprint density at radius 1 is 1.26 bits per heavy atom. The predicted molar refractivity (Wildman–Crippen MR) is 131 cm³/mol. The molecule has 1 unspecified atom stereocenters. The maximum Gasteiger partial charge on any atom is 0.327 e. The number of hydrogen-bond donors (Lipinski definition) is 2. The molecule has 4 rings (SSSR count). The highest BCUT2D eigenvalue weighted by Crippen LogP contribution is 2.29. The molecule has 2 aromatic carbocycles. The SMILES string of the molecule is CN(CCS(=O)(=O)c1ccc2nc(NC(=O)NC(=O)c3ccccc3Cl)sc2c1)C1CCCO1. The van der Waals surface area contributed by atoms with Gasteiger partial charge in [0.05, 0.1) is 31.5 Å². The van der Waals surface area contributed by atoms with Crippen LogP contribution in [0.15, 0.2) is 47.4 Å². The number of nitrogens with one attached hydrogen (secondary N) is 2. The summed E-state index contributed by atoms with van der Waals surface area (Å²) in [5.41, 5.74) is 0.705. The van der Waals surface area contributed by atoms with Crippen LogP contribution in [0.25, 0.3) is 10.2 Å². The van der Waals surface area contributed by atoms with Gasteiger partial charge in [-0.25, -0.2) is 18.2 Å². The van der Waals surface area contributed by atoms with Gasteiger partial charge in [0.25, 0.3) is 5.91 Å². The lowest BCUT2D eigenvalue weighted by Crippen LogP contribution is -2.34. The zero-order chi connectivity index (χ0) is 24.3. The Kier molecular flexibility index (Phi) is 7.48. The molecule has 0 saturated carbocycles. The summed E-state index contributed by atoms with van der Waals surface area (Å²) < 4.78 is 31.9. The average molecular weight is 523 g/mol. The number of carbonyl (C=O) groups excluding carboxylic acids is 2. The van der Waals surface area contributed by atoms with E-state index in [4.69, 9.17) is 16.3 Å². The minimum absolute atomic E-state index is 0.0364. The molecule has 0 radical (unpaired) electrons.